The SMILES string of the molecule is COc1ccc(Cn2c(SCC(=O)N[C@H]3CCc4ccccc43)nc3ccsc3c2=O)cc1. The summed E-state index contributed by atoms with van der Waals surface area (Å²) in [6.45, 7) is 0.379. The van der Waals surface area contributed by atoms with Crippen LogP contribution >= 0.6 is 23.1 Å². The standard InChI is InChI=1S/C25H23N3O3S2/c1-31-18-9-6-16(7-10-18)14-28-24(30)23-21(12-13-32-23)27-25(28)33-15-22(29)26-20-11-8-17-4-2-3-5-19(17)20/h2-7,9-10,12-13,20H,8,11,14-15H2,1H3,(H,26,29)/t20-/m0/s1. The van der Waals surface area contributed by atoms with Crippen LogP contribution in [0.2, 0.25) is 0 Å². The van der Waals surface area contributed by atoms with Gasteiger partial charge in [0.05, 0.1) is 31.0 Å². The van der Waals surface area contributed by atoms with Crippen molar-refractivity contribution in [2.45, 2.75) is 30.6 Å². The Morgan fingerprint density at radius 2 is 2.03 bits per heavy atom. The summed E-state index contributed by atoms with van der Waals surface area (Å²) in [5.74, 6) is 0.902. The van der Waals surface area contributed by atoms with E-state index in [1.807, 2.05) is 47.8 Å². The van der Waals surface area contributed by atoms with E-state index in [1.165, 1.54) is 34.2 Å². The van der Waals surface area contributed by atoms with Gasteiger partial charge in [-0.05, 0) is 53.1 Å². The summed E-state index contributed by atoms with van der Waals surface area (Å²) in [5, 5.41) is 5.56. The van der Waals surface area contributed by atoms with E-state index in [0.717, 1.165) is 24.2 Å². The lowest BCUT2D eigenvalue weighted by Gasteiger charge is -2.15. The smallest absolute Gasteiger partial charge is 0.272 e. The number of fused-ring (bicyclic) bond motifs is 2. The van der Waals surface area contributed by atoms with E-state index in [4.69, 9.17) is 9.72 Å². The summed E-state index contributed by atoms with van der Waals surface area (Å²) in [6, 6.07) is 17.7. The molecule has 1 atom stereocenters. The Morgan fingerprint density at radius 1 is 1.21 bits per heavy atom. The number of aromatic nitrogens is 2. The second kappa shape index (κ2) is 9.41. The number of amides is 1. The molecular weight excluding hydrogens is 454 g/mol. The molecule has 0 saturated heterocycles. The third kappa shape index (κ3) is 4.54. The molecule has 0 spiro atoms. The first kappa shape index (κ1) is 21.7. The molecule has 6 nitrogen and oxygen atoms in total. The summed E-state index contributed by atoms with van der Waals surface area (Å²) in [6.07, 6.45) is 1.89. The largest absolute Gasteiger partial charge is 0.497 e. The Morgan fingerprint density at radius 3 is 2.85 bits per heavy atom. The molecule has 4 aromatic rings. The second-order valence-corrected chi connectivity index (χ2v) is 9.77. The molecule has 168 valence electrons. The maximum absolute atomic E-state index is 13.2. The Labute approximate surface area is 199 Å². The van der Waals surface area contributed by atoms with Crippen LogP contribution in [0.25, 0.3) is 10.2 Å². The van der Waals surface area contributed by atoms with Gasteiger partial charge in [-0.15, -0.1) is 11.3 Å². The van der Waals surface area contributed by atoms with Crippen LogP contribution < -0.4 is 15.6 Å². The lowest BCUT2D eigenvalue weighted by molar-refractivity contribution is -0.119. The highest BCUT2D eigenvalue weighted by atomic mass is 32.2. The van der Waals surface area contributed by atoms with E-state index < -0.39 is 0 Å². The fourth-order valence-corrected chi connectivity index (χ4v) is 5.75. The van der Waals surface area contributed by atoms with Gasteiger partial charge < -0.3 is 10.1 Å². The first-order valence-corrected chi connectivity index (χ1v) is 12.6. The van der Waals surface area contributed by atoms with Gasteiger partial charge in [0.15, 0.2) is 5.16 Å². The van der Waals surface area contributed by atoms with Gasteiger partial charge in [0.2, 0.25) is 5.91 Å². The van der Waals surface area contributed by atoms with Crippen LogP contribution in [0.3, 0.4) is 0 Å². The molecule has 2 aromatic carbocycles. The fraction of sp³-hybridized carbons (Fsp3) is 0.240. The molecule has 1 aliphatic carbocycles. The van der Waals surface area contributed by atoms with Crippen molar-refractivity contribution >= 4 is 39.2 Å². The Kier molecular flexibility index (Phi) is 6.20. The Bertz CT molecular complexity index is 1360. The number of rotatable bonds is 7. The van der Waals surface area contributed by atoms with Gasteiger partial charge in [0.1, 0.15) is 10.4 Å². The zero-order valence-corrected chi connectivity index (χ0v) is 19.7. The van der Waals surface area contributed by atoms with Crippen molar-refractivity contribution in [1.82, 2.24) is 14.9 Å². The number of ether oxygens (including phenoxy) is 1. The molecule has 2 heterocycles. The highest BCUT2D eigenvalue weighted by Gasteiger charge is 2.23. The van der Waals surface area contributed by atoms with Gasteiger partial charge in [-0.25, -0.2) is 4.98 Å². The van der Waals surface area contributed by atoms with Crippen molar-refractivity contribution in [2.24, 2.45) is 0 Å². The van der Waals surface area contributed by atoms with Crippen LogP contribution in [-0.2, 0) is 17.8 Å². The number of nitrogens with one attached hydrogen (secondary N) is 1. The molecule has 0 radical (unpaired) electrons. The van der Waals surface area contributed by atoms with Crippen LogP contribution in [0.15, 0.2) is 69.9 Å². The van der Waals surface area contributed by atoms with Crippen LogP contribution in [-0.4, -0.2) is 28.3 Å². The predicted octanol–water partition coefficient (Wildman–Crippen LogP) is 4.41. The quantitative estimate of drug-likeness (QED) is 0.315. The third-order valence-corrected chi connectivity index (χ3v) is 7.70. The molecular formula is C25H23N3O3S2. The molecule has 5 rings (SSSR count). The fourth-order valence-electron chi connectivity index (χ4n) is 4.16. The van der Waals surface area contributed by atoms with Gasteiger partial charge in [0, 0.05) is 0 Å². The average Bonchev–Trinajstić information content (AvgIpc) is 3.48. The first-order valence-electron chi connectivity index (χ1n) is 10.7. The van der Waals surface area contributed by atoms with Crippen molar-refractivity contribution in [3.05, 3.63) is 87.0 Å². The first-order chi connectivity index (χ1) is 16.1. The number of nitrogens with zero attached hydrogens (tertiary/aromatic N) is 2. The molecule has 0 aliphatic heterocycles. The average molecular weight is 478 g/mol. The molecule has 33 heavy (non-hydrogen) atoms. The molecule has 0 bridgehead atoms. The van der Waals surface area contributed by atoms with Crippen LogP contribution in [0, 0.1) is 0 Å². The van der Waals surface area contributed by atoms with Gasteiger partial charge >= 0.3 is 0 Å². The van der Waals surface area contributed by atoms with E-state index in [9.17, 15) is 9.59 Å². The van der Waals surface area contributed by atoms with Crippen molar-refractivity contribution in [2.75, 3.05) is 12.9 Å². The molecule has 0 fully saturated rings. The lowest BCUT2D eigenvalue weighted by Crippen LogP contribution is -2.29. The molecule has 1 N–H and O–H groups in total. The third-order valence-electron chi connectivity index (χ3n) is 5.83. The summed E-state index contributed by atoms with van der Waals surface area (Å²) < 4.78 is 7.51. The van der Waals surface area contributed by atoms with Crippen molar-refractivity contribution in [1.29, 1.82) is 0 Å². The number of benzene rings is 2. The van der Waals surface area contributed by atoms with E-state index in [-0.39, 0.29) is 23.3 Å². The van der Waals surface area contributed by atoms with E-state index >= 15 is 0 Å². The highest BCUT2D eigenvalue weighted by molar-refractivity contribution is 7.99. The van der Waals surface area contributed by atoms with E-state index in [2.05, 4.69) is 17.4 Å². The molecule has 8 heteroatoms. The molecule has 0 saturated carbocycles. The zero-order chi connectivity index (χ0) is 22.8. The maximum atomic E-state index is 13.2. The number of carbonyl (C=O) groups excluding carboxylic acids is 1. The minimum Gasteiger partial charge on any atom is -0.497 e. The number of aryl methyl sites for hydroxylation is 1. The van der Waals surface area contributed by atoms with Crippen LogP contribution in [0.5, 0.6) is 5.75 Å². The second-order valence-electron chi connectivity index (χ2n) is 7.91. The summed E-state index contributed by atoms with van der Waals surface area (Å²) in [4.78, 5) is 30.7. The topological polar surface area (TPSA) is 73.2 Å². The molecule has 1 aliphatic rings. The highest BCUT2D eigenvalue weighted by Crippen LogP contribution is 2.31. The molecule has 1 amide bonds. The molecule has 0 unspecified atom stereocenters. The predicted molar refractivity (Wildman–Crippen MR) is 132 cm³/mol. The number of thiophene rings is 1. The number of methoxy groups -OCH3 is 1. The van der Waals surface area contributed by atoms with Gasteiger partial charge in [-0.2, -0.15) is 0 Å². The summed E-state index contributed by atoms with van der Waals surface area (Å²) in [7, 11) is 1.62. The van der Waals surface area contributed by atoms with Gasteiger partial charge in [-0.3, -0.25) is 14.2 Å². The molecule has 2 aromatic heterocycles. The normalized spacial score (nSPS) is 14.9. The number of hydrogen-bond donors (Lipinski definition) is 1. The number of carbonyl (C=O) groups is 1. The summed E-state index contributed by atoms with van der Waals surface area (Å²) >= 11 is 2.69. The number of hydrogen-bond acceptors (Lipinski definition) is 6. The minimum atomic E-state index is -0.0848. The summed E-state index contributed by atoms with van der Waals surface area (Å²) in [5.41, 5.74) is 4.05. The van der Waals surface area contributed by atoms with Crippen LogP contribution in [0.4, 0.5) is 0 Å². The minimum absolute atomic E-state index is 0.0445. The zero-order valence-electron chi connectivity index (χ0n) is 18.1. The van der Waals surface area contributed by atoms with Gasteiger partial charge in [-0.1, -0.05) is 48.2 Å². The van der Waals surface area contributed by atoms with E-state index in [1.54, 1.807) is 11.7 Å². The Balaban J connectivity index is 1.35. The van der Waals surface area contributed by atoms with Crippen LogP contribution in [0.1, 0.15) is 29.2 Å². The van der Waals surface area contributed by atoms with E-state index in [0.29, 0.717) is 21.9 Å². The van der Waals surface area contributed by atoms with Crippen molar-refractivity contribution in [3.63, 3.8) is 0 Å². The van der Waals surface area contributed by atoms with Gasteiger partial charge in [0.25, 0.3) is 5.56 Å². The van der Waals surface area contributed by atoms with Crippen molar-refractivity contribution < 1.29 is 9.53 Å². The lowest BCUT2D eigenvalue weighted by atomic mass is 10.1. The monoisotopic (exact) mass is 477 g/mol. The Hall–Kier alpha value is -3.10. The maximum Gasteiger partial charge on any atom is 0.272 e. The van der Waals surface area contributed by atoms with Crippen molar-refractivity contribution in [3.8, 4) is 5.75 Å². The number of thioether (sulfide) groups is 1.